The van der Waals surface area contributed by atoms with Gasteiger partial charge in [0, 0.05) is 6.04 Å². The van der Waals surface area contributed by atoms with Crippen LogP contribution in [-0.2, 0) is 14.2 Å². The summed E-state index contributed by atoms with van der Waals surface area (Å²) in [6, 6.07) is 7.89. The van der Waals surface area contributed by atoms with E-state index in [9.17, 15) is 14.8 Å². The first kappa shape index (κ1) is 23.0. The van der Waals surface area contributed by atoms with E-state index in [1.807, 2.05) is 6.92 Å². The SMILES string of the molecule is CC(Nc1c(C#N)c(Cl)nc2c1ncn2[C@@H]1O[C@H](CO)[C@H]2OC(C)(C)O[C@H]21)c1ccc(F)cc1. The Bertz CT molecular complexity index is 1280. The molecule has 0 bridgehead atoms. The number of nitrogens with one attached hydrogen (secondary N) is 1. The lowest BCUT2D eigenvalue weighted by atomic mass is 10.1. The number of fused-ring (bicyclic) bond motifs is 2. The highest BCUT2D eigenvalue weighted by Gasteiger charge is 2.56. The van der Waals surface area contributed by atoms with Gasteiger partial charge >= 0.3 is 0 Å². The van der Waals surface area contributed by atoms with Crippen LogP contribution in [0.25, 0.3) is 11.2 Å². The molecule has 1 aromatic carbocycles. The first-order valence-corrected chi connectivity index (χ1v) is 11.2. The Labute approximate surface area is 200 Å². The molecule has 1 unspecified atom stereocenters. The lowest BCUT2D eigenvalue weighted by molar-refractivity contribution is -0.199. The standard InChI is InChI=1S/C23H23ClFN5O4/c1-11(12-4-6-13(25)7-5-12)28-16-14(8-26)20(24)29-21-17(16)27-10-30(21)22-19-18(15(9-31)32-22)33-23(2,3)34-19/h4-7,10-11,15,18-19,22,31H,9H2,1-3H3,(H,28,29)/t11?,15-,18-,19-,22-/m1/s1. The number of benzene rings is 1. The van der Waals surface area contributed by atoms with Crippen LogP contribution in [0.3, 0.4) is 0 Å². The molecule has 0 radical (unpaired) electrons. The monoisotopic (exact) mass is 487 g/mol. The third-order valence-corrected chi connectivity index (χ3v) is 6.36. The van der Waals surface area contributed by atoms with Crippen molar-refractivity contribution in [3.8, 4) is 6.07 Å². The minimum Gasteiger partial charge on any atom is -0.394 e. The summed E-state index contributed by atoms with van der Waals surface area (Å²) < 4.78 is 33.1. The highest BCUT2D eigenvalue weighted by Crippen LogP contribution is 2.44. The average Bonchev–Trinajstić information content (AvgIpc) is 3.44. The van der Waals surface area contributed by atoms with E-state index in [-0.39, 0.29) is 29.2 Å². The molecule has 2 aliphatic heterocycles. The zero-order valence-electron chi connectivity index (χ0n) is 18.7. The van der Waals surface area contributed by atoms with Gasteiger partial charge in [0.05, 0.1) is 18.6 Å². The van der Waals surface area contributed by atoms with Crippen molar-refractivity contribution in [3.63, 3.8) is 0 Å². The molecule has 3 aromatic rings. The van der Waals surface area contributed by atoms with Crippen molar-refractivity contribution in [1.29, 1.82) is 5.26 Å². The van der Waals surface area contributed by atoms with E-state index in [0.29, 0.717) is 16.9 Å². The number of aromatic nitrogens is 3. The number of halogens is 2. The third kappa shape index (κ3) is 3.79. The fourth-order valence-electron chi connectivity index (χ4n) is 4.52. The fourth-order valence-corrected chi connectivity index (χ4v) is 4.74. The molecule has 5 rings (SSSR count). The molecule has 2 fully saturated rings. The van der Waals surface area contributed by atoms with Crippen LogP contribution < -0.4 is 5.32 Å². The van der Waals surface area contributed by atoms with Crippen molar-refractivity contribution >= 4 is 28.5 Å². The van der Waals surface area contributed by atoms with Crippen molar-refractivity contribution in [3.05, 3.63) is 52.7 Å². The predicted octanol–water partition coefficient (Wildman–Crippen LogP) is 3.68. The maximum atomic E-state index is 13.4. The van der Waals surface area contributed by atoms with Gasteiger partial charge in [0.15, 0.2) is 22.8 Å². The number of aliphatic hydroxyl groups is 1. The Morgan fingerprint density at radius 2 is 2.00 bits per heavy atom. The number of rotatable bonds is 5. The average molecular weight is 488 g/mol. The Kier molecular flexibility index (Phi) is 5.70. The Morgan fingerprint density at radius 1 is 1.29 bits per heavy atom. The highest BCUT2D eigenvalue weighted by molar-refractivity contribution is 6.31. The van der Waals surface area contributed by atoms with E-state index in [1.54, 1.807) is 36.9 Å². The Morgan fingerprint density at radius 3 is 2.68 bits per heavy atom. The number of nitrogens with zero attached hydrogens (tertiary/aromatic N) is 4. The van der Waals surface area contributed by atoms with Crippen LogP contribution in [0.15, 0.2) is 30.6 Å². The second-order valence-electron chi connectivity index (χ2n) is 8.82. The van der Waals surface area contributed by atoms with E-state index in [4.69, 9.17) is 25.8 Å². The van der Waals surface area contributed by atoms with E-state index < -0.39 is 30.3 Å². The number of hydrogen-bond donors (Lipinski definition) is 2. The van der Waals surface area contributed by atoms with Crippen LogP contribution in [0.2, 0.25) is 5.15 Å². The van der Waals surface area contributed by atoms with E-state index in [1.165, 1.54) is 12.1 Å². The van der Waals surface area contributed by atoms with Crippen molar-refractivity contribution in [1.82, 2.24) is 14.5 Å². The quantitative estimate of drug-likeness (QED) is 0.524. The van der Waals surface area contributed by atoms with Crippen molar-refractivity contribution in [2.24, 2.45) is 0 Å². The van der Waals surface area contributed by atoms with Crippen LogP contribution >= 0.6 is 11.6 Å². The molecule has 4 heterocycles. The van der Waals surface area contributed by atoms with Crippen molar-refractivity contribution in [2.45, 2.75) is 57.1 Å². The van der Waals surface area contributed by atoms with E-state index in [2.05, 4.69) is 21.4 Å². The maximum absolute atomic E-state index is 13.4. The molecule has 2 N–H and O–H groups in total. The molecule has 0 spiro atoms. The maximum Gasteiger partial charge on any atom is 0.166 e. The van der Waals surface area contributed by atoms with Crippen LogP contribution in [-0.4, -0.2) is 50.3 Å². The predicted molar refractivity (Wildman–Crippen MR) is 121 cm³/mol. The molecule has 2 saturated heterocycles. The molecule has 178 valence electrons. The third-order valence-electron chi connectivity index (χ3n) is 6.09. The number of nitriles is 1. The number of ether oxygens (including phenoxy) is 3. The van der Waals surface area contributed by atoms with Gasteiger partial charge in [0.2, 0.25) is 0 Å². The minimum absolute atomic E-state index is 0.00253. The van der Waals surface area contributed by atoms with Crippen LogP contribution in [0.4, 0.5) is 10.1 Å². The Hall–Kier alpha value is -2.81. The summed E-state index contributed by atoms with van der Waals surface area (Å²) in [6.45, 7) is 5.25. The summed E-state index contributed by atoms with van der Waals surface area (Å²) in [5.74, 6) is -1.17. The van der Waals surface area contributed by atoms with Gasteiger partial charge in [-0.25, -0.2) is 14.4 Å². The lowest BCUT2D eigenvalue weighted by Crippen LogP contribution is -2.31. The molecule has 0 aliphatic carbocycles. The lowest BCUT2D eigenvalue weighted by Gasteiger charge is -2.24. The summed E-state index contributed by atoms with van der Waals surface area (Å²) in [6.07, 6.45) is -0.686. The van der Waals surface area contributed by atoms with Gasteiger partial charge in [-0.1, -0.05) is 23.7 Å². The molecular formula is C23H23ClFN5O4. The molecule has 2 aliphatic rings. The van der Waals surface area contributed by atoms with Crippen LogP contribution in [0.1, 0.15) is 44.2 Å². The molecule has 0 amide bonds. The zero-order chi connectivity index (χ0) is 24.2. The number of anilines is 1. The van der Waals surface area contributed by atoms with E-state index >= 15 is 0 Å². The zero-order valence-corrected chi connectivity index (χ0v) is 19.5. The fraction of sp³-hybridized carbons (Fsp3) is 0.435. The van der Waals surface area contributed by atoms with Gasteiger partial charge in [0.1, 0.15) is 41.3 Å². The number of aliphatic hydroxyl groups excluding tert-OH is 1. The first-order valence-electron chi connectivity index (χ1n) is 10.8. The van der Waals surface area contributed by atoms with Crippen molar-refractivity contribution < 1.29 is 23.7 Å². The normalized spacial score (nSPS) is 26.4. The van der Waals surface area contributed by atoms with Gasteiger partial charge in [-0.3, -0.25) is 4.57 Å². The molecule has 34 heavy (non-hydrogen) atoms. The van der Waals surface area contributed by atoms with Crippen LogP contribution in [0, 0.1) is 17.1 Å². The second kappa shape index (κ2) is 8.45. The summed E-state index contributed by atoms with van der Waals surface area (Å²) in [5.41, 5.74) is 2.17. The van der Waals surface area contributed by atoms with Gasteiger partial charge in [-0.2, -0.15) is 5.26 Å². The first-order chi connectivity index (χ1) is 16.2. The molecular weight excluding hydrogens is 465 g/mol. The summed E-state index contributed by atoms with van der Waals surface area (Å²) in [5, 5.41) is 22.8. The molecule has 11 heteroatoms. The summed E-state index contributed by atoms with van der Waals surface area (Å²) in [7, 11) is 0. The summed E-state index contributed by atoms with van der Waals surface area (Å²) in [4.78, 5) is 8.92. The molecule has 9 nitrogen and oxygen atoms in total. The van der Waals surface area contributed by atoms with Gasteiger partial charge in [0.25, 0.3) is 0 Å². The van der Waals surface area contributed by atoms with Crippen LogP contribution in [0.5, 0.6) is 0 Å². The smallest absolute Gasteiger partial charge is 0.166 e. The van der Waals surface area contributed by atoms with Crippen molar-refractivity contribution in [2.75, 3.05) is 11.9 Å². The largest absolute Gasteiger partial charge is 0.394 e. The molecule has 5 atom stereocenters. The minimum atomic E-state index is -0.836. The highest BCUT2D eigenvalue weighted by atomic mass is 35.5. The summed E-state index contributed by atoms with van der Waals surface area (Å²) >= 11 is 6.41. The topological polar surface area (TPSA) is 114 Å². The second-order valence-corrected chi connectivity index (χ2v) is 9.18. The molecule has 2 aromatic heterocycles. The van der Waals surface area contributed by atoms with E-state index in [0.717, 1.165) is 5.56 Å². The number of hydrogen-bond acceptors (Lipinski definition) is 8. The Balaban J connectivity index is 1.56. The molecule has 0 saturated carbocycles. The number of pyridine rings is 1. The van der Waals surface area contributed by atoms with Gasteiger partial charge in [-0.15, -0.1) is 0 Å². The van der Waals surface area contributed by atoms with Gasteiger partial charge < -0.3 is 24.6 Å². The van der Waals surface area contributed by atoms with Gasteiger partial charge in [-0.05, 0) is 38.5 Å². The number of imidazole rings is 1.